The van der Waals surface area contributed by atoms with Crippen LogP contribution in [0, 0.1) is 3.57 Å². The van der Waals surface area contributed by atoms with Gasteiger partial charge in [0.25, 0.3) is 5.91 Å². The summed E-state index contributed by atoms with van der Waals surface area (Å²) in [6.45, 7) is 1.98. The Balaban J connectivity index is 1.60. The average Bonchev–Trinajstić information content (AvgIpc) is 3.59. The Morgan fingerprint density at radius 1 is 1.15 bits per heavy atom. The number of nitrogens with one attached hydrogen (secondary N) is 3. The summed E-state index contributed by atoms with van der Waals surface area (Å²) >= 11 is 7.90. The third-order valence-electron chi connectivity index (χ3n) is 4.31. The maximum Gasteiger partial charge on any atom is 0.329 e. The van der Waals surface area contributed by atoms with Gasteiger partial charge in [-0.3, -0.25) is 14.4 Å². The number of halogens is 2. The molecule has 0 aliphatic heterocycles. The van der Waals surface area contributed by atoms with E-state index in [0.717, 1.165) is 12.8 Å². The summed E-state index contributed by atoms with van der Waals surface area (Å²) in [4.78, 5) is 35.7. The van der Waals surface area contributed by atoms with Gasteiger partial charge in [0.15, 0.2) is 18.1 Å². The van der Waals surface area contributed by atoms with E-state index in [1.165, 1.54) is 6.21 Å². The Labute approximate surface area is 209 Å². The lowest BCUT2D eigenvalue weighted by Gasteiger charge is -2.14. The molecular formula is C22H22ClIN4O5. The van der Waals surface area contributed by atoms with Crippen LogP contribution in [0.1, 0.15) is 25.3 Å². The fourth-order valence-electron chi connectivity index (χ4n) is 2.63. The number of ether oxygens (including phenoxy) is 2. The Morgan fingerprint density at radius 3 is 2.55 bits per heavy atom. The zero-order chi connectivity index (χ0) is 23.8. The van der Waals surface area contributed by atoms with Crippen LogP contribution in [0.15, 0.2) is 41.5 Å². The SMILES string of the molecule is CCOc1cc(/C=N\NC(=O)C(=O)NC2CC2)cc(I)c1OCC(=O)Nc1ccc(Cl)cc1. The molecule has 9 nitrogen and oxygen atoms in total. The van der Waals surface area contributed by atoms with Crippen LogP contribution in [0.4, 0.5) is 5.69 Å². The third-order valence-corrected chi connectivity index (χ3v) is 5.36. The molecule has 1 aliphatic rings. The molecule has 0 radical (unpaired) electrons. The molecule has 1 aliphatic carbocycles. The van der Waals surface area contributed by atoms with Crippen LogP contribution in [-0.2, 0) is 14.4 Å². The van der Waals surface area contributed by atoms with E-state index in [1.54, 1.807) is 36.4 Å². The summed E-state index contributed by atoms with van der Waals surface area (Å²) in [5.74, 6) is -1.05. The van der Waals surface area contributed by atoms with Crippen molar-refractivity contribution in [2.75, 3.05) is 18.5 Å². The van der Waals surface area contributed by atoms with Crippen molar-refractivity contribution >= 4 is 63.8 Å². The molecule has 0 atom stereocenters. The monoisotopic (exact) mass is 584 g/mol. The smallest absolute Gasteiger partial charge is 0.329 e. The molecule has 0 aromatic heterocycles. The minimum atomic E-state index is -0.829. The Kier molecular flexibility index (Phi) is 8.89. The minimum absolute atomic E-state index is 0.0865. The number of hydrazone groups is 1. The van der Waals surface area contributed by atoms with E-state index in [4.69, 9.17) is 21.1 Å². The molecule has 0 spiro atoms. The second kappa shape index (κ2) is 11.8. The van der Waals surface area contributed by atoms with Gasteiger partial charge in [-0.15, -0.1) is 0 Å². The first-order chi connectivity index (χ1) is 15.9. The van der Waals surface area contributed by atoms with Crippen molar-refractivity contribution in [3.8, 4) is 11.5 Å². The molecule has 0 saturated heterocycles. The van der Waals surface area contributed by atoms with Crippen LogP contribution in [0.25, 0.3) is 0 Å². The van der Waals surface area contributed by atoms with E-state index < -0.39 is 11.8 Å². The molecule has 3 N–H and O–H groups in total. The number of carbonyl (C=O) groups excluding carboxylic acids is 3. The van der Waals surface area contributed by atoms with Crippen LogP contribution in [-0.4, -0.2) is 43.2 Å². The molecule has 1 saturated carbocycles. The third kappa shape index (κ3) is 7.90. The second-order valence-electron chi connectivity index (χ2n) is 7.05. The normalized spacial score (nSPS) is 12.8. The molecule has 3 amide bonds. The van der Waals surface area contributed by atoms with E-state index in [2.05, 4.69) is 43.8 Å². The van der Waals surface area contributed by atoms with Gasteiger partial charge in [0.05, 0.1) is 16.4 Å². The van der Waals surface area contributed by atoms with Crippen molar-refractivity contribution in [2.45, 2.75) is 25.8 Å². The quantitative estimate of drug-likeness (QED) is 0.181. The number of rotatable bonds is 9. The summed E-state index contributed by atoms with van der Waals surface area (Å²) < 4.78 is 12.0. The maximum atomic E-state index is 12.2. The lowest BCUT2D eigenvalue weighted by atomic mass is 10.2. The maximum absolute atomic E-state index is 12.2. The number of benzene rings is 2. The van der Waals surface area contributed by atoms with Crippen molar-refractivity contribution < 1.29 is 23.9 Å². The fraction of sp³-hybridized carbons (Fsp3) is 0.273. The first-order valence-corrected chi connectivity index (χ1v) is 11.6. The topological polar surface area (TPSA) is 118 Å². The molecule has 2 aromatic rings. The molecule has 11 heteroatoms. The van der Waals surface area contributed by atoms with Crippen LogP contribution in [0.5, 0.6) is 11.5 Å². The summed E-state index contributed by atoms with van der Waals surface area (Å²) in [5, 5.41) is 9.71. The zero-order valence-electron chi connectivity index (χ0n) is 17.7. The molecule has 2 aromatic carbocycles. The van der Waals surface area contributed by atoms with Gasteiger partial charge in [0, 0.05) is 16.8 Å². The number of nitrogens with zero attached hydrogens (tertiary/aromatic N) is 1. The van der Waals surface area contributed by atoms with Gasteiger partial charge < -0.3 is 20.1 Å². The van der Waals surface area contributed by atoms with Gasteiger partial charge in [-0.2, -0.15) is 5.10 Å². The van der Waals surface area contributed by atoms with E-state index in [0.29, 0.717) is 37.9 Å². The van der Waals surface area contributed by atoms with Gasteiger partial charge in [0.1, 0.15) is 0 Å². The predicted octanol–water partition coefficient (Wildman–Crippen LogP) is 3.09. The Hall–Kier alpha value is -2.86. The number of hydrogen-bond acceptors (Lipinski definition) is 6. The highest BCUT2D eigenvalue weighted by molar-refractivity contribution is 14.1. The summed E-state index contributed by atoms with van der Waals surface area (Å²) in [6, 6.07) is 10.2. The van der Waals surface area contributed by atoms with Gasteiger partial charge in [-0.05, 0) is 84.3 Å². The average molecular weight is 585 g/mol. The van der Waals surface area contributed by atoms with E-state index in [9.17, 15) is 14.4 Å². The Morgan fingerprint density at radius 2 is 1.88 bits per heavy atom. The standard InChI is InChI=1S/C22H22ClIN4O5/c1-2-32-18-10-13(11-25-28-22(31)21(30)27-16-7-8-16)9-17(24)20(18)33-12-19(29)26-15-5-3-14(23)4-6-15/h3-6,9-11,16H,2,7-8,12H2,1H3,(H,26,29)(H,27,30)(H,28,31)/b25-11-. The molecule has 3 rings (SSSR count). The lowest BCUT2D eigenvalue weighted by molar-refractivity contribution is -0.139. The van der Waals surface area contributed by atoms with E-state index in [-0.39, 0.29) is 18.6 Å². The van der Waals surface area contributed by atoms with E-state index in [1.807, 2.05) is 6.92 Å². The largest absolute Gasteiger partial charge is 0.490 e. The van der Waals surface area contributed by atoms with Crippen LogP contribution in [0.2, 0.25) is 5.02 Å². The molecular weight excluding hydrogens is 563 g/mol. The van der Waals surface area contributed by atoms with Crippen molar-refractivity contribution in [3.05, 3.63) is 50.6 Å². The highest BCUT2D eigenvalue weighted by atomic mass is 127. The van der Waals surface area contributed by atoms with Gasteiger partial charge in [-0.25, -0.2) is 5.43 Å². The number of hydrogen-bond donors (Lipinski definition) is 3. The van der Waals surface area contributed by atoms with Crippen molar-refractivity contribution in [1.29, 1.82) is 0 Å². The summed E-state index contributed by atoms with van der Waals surface area (Å²) in [6.07, 6.45) is 3.17. The number of carbonyl (C=O) groups is 3. The van der Waals surface area contributed by atoms with Crippen LogP contribution in [0.3, 0.4) is 0 Å². The van der Waals surface area contributed by atoms with Crippen LogP contribution < -0.4 is 25.5 Å². The summed E-state index contributed by atoms with van der Waals surface area (Å²) in [5.41, 5.74) is 3.42. The van der Waals surface area contributed by atoms with Crippen molar-refractivity contribution in [3.63, 3.8) is 0 Å². The van der Waals surface area contributed by atoms with Crippen LogP contribution >= 0.6 is 34.2 Å². The number of anilines is 1. The predicted molar refractivity (Wildman–Crippen MR) is 133 cm³/mol. The minimum Gasteiger partial charge on any atom is -0.490 e. The first kappa shape index (κ1) is 24.8. The summed E-state index contributed by atoms with van der Waals surface area (Å²) in [7, 11) is 0. The molecule has 0 heterocycles. The van der Waals surface area contributed by atoms with Crippen molar-refractivity contribution in [1.82, 2.24) is 10.7 Å². The Bertz CT molecular complexity index is 1060. The highest BCUT2D eigenvalue weighted by Gasteiger charge is 2.26. The van der Waals surface area contributed by atoms with Crippen molar-refractivity contribution in [2.24, 2.45) is 5.10 Å². The number of amides is 3. The van der Waals surface area contributed by atoms with E-state index >= 15 is 0 Å². The zero-order valence-corrected chi connectivity index (χ0v) is 20.6. The van der Waals surface area contributed by atoms with Gasteiger partial charge >= 0.3 is 11.8 Å². The molecule has 33 heavy (non-hydrogen) atoms. The fourth-order valence-corrected chi connectivity index (χ4v) is 3.54. The molecule has 0 unspecified atom stereocenters. The molecule has 1 fully saturated rings. The molecule has 174 valence electrons. The molecule has 0 bridgehead atoms. The first-order valence-electron chi connectivity index (χ1n) is 10.1. The van der Waals surface area contributed by atoms with Gasteiger partial charge in [0.2, 0.25) is 0 Å². The highest BCUT2D eigenvalue weighted by Crippen LogP contribution is 2.34. The lowest BCUT2D eigenvalue weighted by Crippen LogP contribution is -2.38. The van der Waals surface area contributed by atoms with Gasteiger partial charge in [-0.1, -0.05) is 11.6 Å². The second-order valence-corrected chi connectivity index (χ2v) is 8.65.